The Bertz CT molecular complexity index is 1320. The highest BCUT2D eigenvalue weighted by molar-refractivity contribution is 6.03. The maximum absolute atomic E-state index is 15.1. The van der Waals surface area contributed by atoms with E-state index in [1.807, 2.05) is 49.9 Å². The Morgan fingerprint density at radius 1 is 1.11 bits per heavy atom. The fraction of sp³-hybridized carbons (Fsp3) is 0.658. The number of hydrogen-bond donors (Lipinski definition) is 1. The van der Waals surface area contributed by atoms with Gasteiger partial charge in [-0.15, -0.1) is 13.2 Å². The van der Waals surface area contributed by atoms with Crippen LogP contribution in [-0.2, 0) is 19.1 Å². The van der Waals surface area contributed by atoms with Crippen molar-refractivity contribution < 1.29 is 29.0 Å². The highest BCUT2D eigenvalue weighted by atomic mass is 16.5. The van der Waals surface area contributed by atoms with Crippen LogP contribution in [-0.4, -0.2) is 88.3 Å². The quantitative estimate of drug-likeness (QED) is 0.248. The van der Waals surface area contributed by atoms with Crippen molar-refractivity contribution in [2.45, 2.75) is 110 Å². The number of carbonyl (C=O) groups is 3. The number of likely N-dealkylation sites (tertiary alicyclic amines) is 1. The first-order valence-electron chi connectivity index (χ1n) is 17.3. The second-order valence-corrected chi connectivity index (χ2v) is 15.4. The van der Waals surface area contributed by atoms with E-state index in [2.05, 4.69) is 47.8 Å². The lowest BCUT2D eigenvalue weighted by atomic mass is 9.70. The molecule has 4 rings (SSSR count). The molecule has 9 heteroatoms. The molecule has 1 N–H and O–H groups in total. The van der Waals surface area contributed by atoms with Gasteiger partial charge in [-0.1, -0.05) is 53.2 Å². The lowest BCUT2D eigenvalue weighted by Crippen LogP contribution is -2.63. The number of benzene rings is 1. The monoisotopic (exact) mass is 651 g/mol. The molecule has 1 aromatic carbocycles. The largest absolute Gasteiger partial charge is 0.494 e. The summed E-state index contributed by atoms with van der Waals surface area (Å²) in [6.07, 6.45) is 5.35. The summed E-state index contributed by atoms with van der Waals surface area (Å²) < 4.78 is 12.4. The van der Waals surface area contributed by atoms with Gasteiger partial charge in [0.2, 0.25) is 17.7 Å². The van der Waals surface area contributed by atoms with Crippen molar-refractivity contribution in [2.75, 3.05) is 31.2 Å². The minimum absolute atomic E-state index is 0.0745. The lowest BCUT2D eigenvalue weighted by molar-refractivity contribution is -0.156. The van der Waals surface area contributed by atoms with Crippen LogP contribution < -0.4 is 9.64 Å². The van der Waals surface area contributed by atoms with E-state index in [1.165, 1.54) is 0 Å². The standard InChI is InChI=1S/C38H57N3O6/c1-11-21-39(26-15-17-27(18-16-26)46-14-4)33(43)30-29-19-20-38(47-29)31(30)34(44)41(28(23-42)25(5)13-3)32(38)35(45)40(22-12-2)37(9,10)24-36(6,7)8/h11-12,15-18,25,28-32,42H,1-2,13-14,19-24H2,3-10H3/t25-,28-,29+,30-,31-,32?,38?/m0/s1. The first-order valence-corrected chi connectivity index (χ1v) is 17.3. The van der Waals surface area contributed by atoms with E-state index in [-0.39, 0.29) is 42.2 Å². The van der Waals surface area contributed by atoms with Crippen molar-refractivity contribution in [3.63, 3.8) is 0 Å². The predicted octanol–water partition coefficient (Wildman–Crippen LogP) is 5.62. The molecule has 1 spiro atoms. The SMILES string of the molecule is C=CCN(C(=O)[C@@H]1[C@H]2C(=O)N([C@@H](CO)[C@@H](C)CC)C(C(=O)N(CC=C)C(C)(C)CC(C)(C)C)C23CC[C@H]1O3)c1ccc(OCC)cc1. The van der Waals surface area contributed by atoms with E-state index in [1.54, 1.807) is 22.0 Å². The number of fused-ring (bicyclic) bond motifs is 1. The molecule has 3 fully saturated rings. The van der Waals surface area contributed by atoms with Crippen molar-refractivity contribution in [1.29, 1.82) is 0 Å². The minimum Gasteiger partial charge on any atom is -0.494 e. The van der Waals surface area contributed by atoms with E-state index in [4.69, 9.17) is 9.47 Å². The molecule has 2 bridgehead atoms. The maximum atomic E-state index is 15.1. The van der Waals surface area contributed by atoms with Crippen LogP contribution >= 0.6 is 0 Å². The summed E-state index contributed by atoms with van der Waals surface area (Å²) in [6, 6.07) is 5.73. The molecule has 3 aliphatic rings. The number of rotatable bonds is 15. The second-order valence-electron chi connectivity index (χ2n) is 15.4. The highest BCUT2D eigenvalue weighted by Crippen LogP contribution is 2.60. The van der Waals surface area contributed by atoms with Gasteiger partial charge in [0.25, 0.3) is 0 Å². The molecule has 260 valence electrons. The van der Waals surface area contributed by atoms with Gasteiger partial charge >= 0.3 is 0 Å². The number of hydrogen-bond acceptors (Lipinski definition) is 6. The number of nitrogens with zero attached hydrogens (tertiary/aromatic N) is 3. The summed E-state index contributed by atoms with van der Waals surface area (Å²) in [5.74, 6) is -1.77. The molecule has 47 heavy (non-hydrogen) atoms. The summed E-state index contributed by atoms with van der Waals surface area (Å²) in [4.78, 5) is 49.7. The van der Waals surface area contributed by atoms with Crippen LogP contribution in [0.4, 0.5) is 5.69 Å². The summed E-state index contributed by atoms with van der Waals surface area (Å²) in [5, 5.41) is 10.8. The third kappa shape index (κ3) is 6.75. The number of carbonyl (C=O) groups excluding carboxylic acids is 3. The Balaban J connectivity index is 1.82. The van der Waals surface area contributed by atoms with Crippen molar-refractivity contribution >= 4 is 23.4 Å². The third-order valence-corrected chi connectivity index (χ3v) is 10.4. The van der Waals surface area contributed by atoms with E-state index in [9.17, 15) is 14.7 Å². The molecule has 7 atom stereocenters. The fourth-order valence-electron chi connectivity index (χ4n) is 8.65. The van der Waals surface area contributed by atoms with Crippen LogP contribution in [0, 0.1) is 23.2 Å². The van der Waals surface area contributed by atoms with Gasteiger partial charge in [-0.25, -0.2) is 0 Å². The fourth-order valence-corrected chi connectivity index (χ4v) is 8.65. The van der Waals surface area contributed by atoms with Crippen LogP contribution in [0.5, 0.6) is 5.75 Å². The van der Waals surface area contributed by atoms with Crippen LogP contribution in [0.25, 0.3) is 0 Å². The van der Waals surface area contributed by atoms with Crippen LogP contribution in [0.3, 0.4) is 0 Å². The number of aliphatic hydroxyl groups is 1. The average Bonchev–Trinajstić information content (AvgIpc) is 3.65. The number of anilines is 1. The molecule has 0 radical (unpaired) electrons. The zero-order valence-corrected chi connectivity index (χ0v) is 29.8. The molecule has 3 amide bonds. The Morgan fingerprint density at radius 2 is 1.74 bits per heavy atom. The molecule has 1 aromatic rings. The Hall–Kier alpha value is -3.17. The van der Waals surface area contributed by atoms with Gasteiger partial charge in [0, 0.05) is 24.3 Å². The van der Waals surface area contributed by atoms with Crippen LogP contribution in [0.2, 0.25) is 0 Å². The molecule has 3 aliphatic heterocycles. The summed E-state index contributed by atoms with van der Waals surface area (Å²) in [6.45, 7) is 25.1. The Morgan fingerprint density at radius 3 is 2.28 bits per heavy atom. The molecule has 0 aliphatic carbocycles. The summed E-state index contributed by atoms with van der Waals surface area (Å²) >= 11 is 0. The van der Waals surface area contributed by atoms with Gasteiger partial charge < -0.3 is 29.3 Å². The van der Waals surface area contributed by atoms with Gasteiger partial charge in [0.1, 0.15) is 17.4 Å². The Kier molecular flexibility index (Phi) is 11.0. The molecule has 0 aromatic heterocycles. The molecule has 3 saturated heterocycles. The van der Waals surface area contributed by atoms with Crippen molar-refractivity contribution in [3.05, 3.63) is 49.6 Å². The van der Waals surface area contributed by atoms with E-state index < -0.39 is 41.2 Å². The van der Waals surface area contributed by atoms with Crippen molar-refractivity contribution in [2.24, 2.45) is 23.2 Å². The zero-order chi connectivity index (χ0) is 34.9. The predicted molar refractivity (Wildman–Crippen MR) is 185 cm³/mol. The van der Waals surface area contributed by atoms with Gasteiger partial charge in [-0.2, -0.15) is 0 Å². The van der Waals surface area contributed by atoms with Gasteiger partial charge in [0.05, 0.1) is 37.2 Å². The summed E-state index contributed by atoms with van der Waals surface area (Å²) in [5.41, 5.74) is -1.16. The van der Waals surface area contributed by atoms with Crippen molar-refractivity contribution in [3.8, 4) is 5.75 Å². The topological polar surface area (TPSA) is 99.6 Å². The molecule has 3 heterocycles. The molecule has 0 saturated carbocycles. The van der Waals surface area contributed by atoms with Gasteiger partial charge in [-0.3, -0.25) is 14.4 Å². The van der Waals surface area contributed by atoms with E-state index in [0.29, 0.717) is 50.3 Å². The van der Waals surface area contributed by atoms with Crippen LogP contribution in [0.15, 0.2) is 49.6 Å². The van der Waals surface area contributed by atoms with Gasteiger partial charge in [0.15, 0.2) is 0 Å². The average molecular weight is 652 g/mol. The van der Waals surface area contributed by atoms with Gasteiger partial charge in [-0.05, 0) is 75.6 Å². The number of amides is 3. The van der Waals surface area contributed by atoms with E-state index >= 15 is 4.79 Å². The maximum Gasteiger partial charge on any atom is 0.249 e. The van der Waals surface area contributed by atoms with Crippen molar-refractivity contribution in [1.82, 2.24) is 9.80 Å². The Labute approximate surface area is 281 Å². The normalized spacial score (nSPS) is 26.5. The smallest absolute Gasteiger partial charge is 0.249 e. The van der Waals surface area contributed by atoms with E-state index in [0.717, 1.165) is 0 Å². The summed E-state index contributed by atoms with van der Waals surface area (Å²) in [7, 11) is 0. The second kappa shape index (κ2) is 14.1. The number of aliphatic hydroxyl groups excluding tert-OH is 1. The highest BCUT2D eigenvalue weighted by Gasteiger charge is 2.76. The van der Waals surface area contributed by atoms with Crippen LogP contribution in [0.1, 0.15) is 81.1 Å². The zero-order valence-electron chi connectivity index (χ0n) is 29.8. The molecular formula is C38H57N3O6. The first kappa shape index (κ1) is 36.7. The minimum atomic E-state index is -1.18. The molecular weight excluding hydrogens is 594 g/mol. The molecule has 2 unspecified atom stereocenters. The third-order valence-electron chi connectivity index (χ3n) is 10.4. The molecule has 9 nitrogen and oxygen atoms in total. The number of ether oxygens (including phenoxy) is 2. The lowest BCUT2D eigenvalue weighted by Gasteiger charge is -2.47. The first-order chi connectivity index (χ1) is 22.1.